The molecule has 0 saturated heterocycles. The zero-order valence-corrected chi connectivity index (χ0v) is 12.3. The van der Waals surface area contributed by atoms with Gasteiger partial charge in [-0.05, 0) is 28.1 Å². The highest BCUT2D eigenvalue weighted by molar-refractivity contribution is 9.10. The molecule has 0 atom stereocenters. The fraction of sp³-hybridized carbons (Fsp3) is 0.0833. The molecule has 0 saturated carbocycles. The van der Waals surface area contributed by atoms with E-state index < -0.39 is 11.6 Å². The van der Waals surface area contributed by atoms with E-state index in [-0.39, 0.29) is 5.56 Å². The molecule has 94 valence electrons. The van der Waals surface area contributed by atoms with Crippen LogP contribution >= 0.6 is 38.9 Å². The molecule has 0 unspecified atom stereocenters. The first kappa shape index (κ1) is 13.5. The highest BCUT2D eigenvalue weighted by Crippen LogP contribution is 2.29. The Morgan fingerprint density at radius 3 is 2.78 bits per heavy atom. The fourth-order valence-electron chi connectivity index (χ4n) is 1.37. The number of benzene rings is 1. The minimum absolute atomic E-state index is 0.0484. The van der Waals surface area contributed by atoms with Gasteiger partial charge in [0.1, 0.15) is 11.6 Å². The van der Waals surface area contributed by atoms with Gasteiger partial charge in [-0.25, -0.2) is 4.39 Å². The van der Waals surface area contributed by atoms with Gasteiger partial charge < -0.3 is 4.74 Å². The van der Waals surface area contributed by atoms with Crippen molar-refractivity contribution in [2.45, 2.75) is 0 Å². The van der Waals surface area contributed by atoms with Crippen molar-refractivity contribution in [2.24, 2.45) is 0 Å². The van der Waals surface area contributed by atoms with E-state index in [4.69, 9.17) is 16.3 Å². The summed E-state index contributed by atoms with van der Waals surface area (Å²) in [5, 5.41) is 1.98. The van der Waals surface area contributed by atoms with Crippen LogP contribution in [0.25, 0.3) is 0 Å². The molecule has 0 aliphatic carbocycles. The van der Waals surface area contributed by atoms with E-state index in [2.05, 4.69) is 15.9 Å². The molecule has 18 heavy (non-hydrogen) atoms. The van der Waals surface area contributed by atoms with Crippen molar-refractivity contribution >= 4 is 44.7 Å². The number of halogens is 3. The molecular formula is C12H7BrClFO2S. The molecule has 0 spiro atoms. The lowest BCUT2D eigenvalue weighted by molar-refractivity contribution is 0.103. The van der Waals surface area contributed by atoms with Crippen LogP contribution in [0.5, 0.6) is 5.75 Å². The van der Waals surface area contributed by atoms with Crippen LogP contribution in [0.3, 0.4) is 0 Å². The second-order valence-electron chi connectivity index (χ2n) is 3.43. The second kappa shape index (κ2) is 5.38. The average Bonchev–Trinajstić information content (AvgIpc) is 2.81. The van der Waals surface area contributed by atoms with Gasteiger partial charge in [0.2, 0.25) is 5.78 Å². The maximum Gasteiger partial charge on any atom is 0.206 e. The molecule has 6 heteroatoms. The molecule has 0 radical (unpaired) electrons. The molecule has 1 aromatic carbocycles. The molecule has 2 aromatic rings. The molecule has 1 aromatic heterocycles. The van der Waals surface area contributed by atoms with Crippen molar-refractivity contribution in [1.29, 1.82) is 0 Å². The van der Waals surface area contributed by atoms with Gasteiger partial charge in [-0.15, -0.1) is 11.3 Å². The maximum absolute atomic E-state index is 13.7. The topological polar surface area (TPSA) is 26.3 Å². The molecule has 2 nitrogen and oxygen atoms in total. The Balaban J connectivity index is 2.42. The first-order chi connectivity index (χ1) is 8.52. The summed E-state index contributed by atoms with van der Waals surface area (Å²) in [6.07, 6.45) is 0. The number of rotatable bonds is 3. The van der Waals surface area contributed by atoms with Gasteiger partial charge in [0, 0.05) is 15.9 Å². The first-order valence-corrected chi connectivity index (χ1v) is 6.89. The van der Waals surface area contributed by atoms with Crippen molar-refractivity contribution in [3.05, 3.63) is 49.3 Å². The van der Waals surface area contributed by atoms with E-state index >= 15 is 0 Å². The summed E-state index contributed by atoms with van der Waals surface area (Å²) in [5.41, 5.74) is -0.0484. The van der Waals surface area contributed by atoms with Gasteiger partial charge in [-0.2, -0.15) is 0 Å². The Labute approximate surface area is 120 Å². The van der Waals surface area contributed by atoms with Gasteiger partial charge in [0.15, 0.2) is 0 Å². The van der Waals surface area contributed by atoms with Gasteiger partial charge in [0.05, 0.1) is 22.6 Å². The van der Waals surface area contributed by atoms with Crippen LogP contribution in [0.15, 0.2) is 28.1 Å². The number of methoxy groups -OCH3 is 1. The minimum atomic E-state index is -0.608. The second-order valence-corrected chi connectivity index (χ2v) is 5.60. The average molecular weight is 350 g/mol. The van der Waals surface area contributed by atoms with Gasteiger partial charge in [-0.3, -0.25) is 4.79 Å². The molecule has 0 aliphatic heterocycles. The van der Waals surface area contributed by atoms with Crippen molar-refractivity contribution in [3.8, 4) is 5.75 Å². The summed E-state index contributed by atoms with van der Waals surface area (Å²) in [6, 6.07) is 4.07. The monoisotopic (exact) mass is 348 g/mol. The number of hydrogen-bond donors (Lipinski definition) is 0. The quantitative estimate of drug-likeness (QED) is 0.600. The normalized spacial score (nSPS) is 10.4. The number of carbonyl (C=O) groups excluding carboxylic acids is 1. The maximum atomic E-state index is 13.7. The standard InChI is InChI=1S/C12H7BrClFO2S/c1-17-6-2-11(18-5-6)12(16)7-3-9(14)8(13)4-10(7)15/h2-5H,1H3. The Bertz CT molecular complexity index is 612. The van der Waals surface area contributed by atoms with Crippen LogP contribution < -0.4 is 4.74 Å². The summed E-state index contributed by atoms with van der Waals surface area (Å²) in [6.45, 7) is 0. The molecule has 1 heterocycles. The van der Waals surface area contributed by atoms with E-state index in [0.717, 1.165) is 0 Å². The molecular weight excluding hydrogens is 343 g/mol. The van der Waals surface area contributed by atoms with Crippen molar-refractivity contribution < 1.29 is 13.9 Å². The van der Waals surface area contributed by atoms with Crippen LogP contribution in [0.2, 0.25) is 5.02 Å². The Kier molecular flexibility index (Phi) is 4.04. The highest BCUT2D eigenvalue weighted by atomic mass is 79.9. The van der Waals surface area contributed by atoms with E-state index in [0.29, 0.717) is 20.1 Å². The number of hydrogen-bond acceptors (Lipinski definition) is 3. The van der Waals surface area contributed by atoms with E-state index in [1.807, 2.05) is 0 Å². The van der Waals surface area contributed by atoms with Crippen LogP contribution in [0, 0.1) is 5.82 Å². The summed E-state index contributed by atoms with van der Waals surface area (Å²) in [4.78, 5) is 12.5. The summed E-state index contributed by atoms with van der Waals surface area (Å²) < 4.78 is 19.1. The summed E-state index contributed by atoms with van der Waals surface area (Å²) in [5.74, 6) is -0.439. The lowest BCUT2D eigenvalue weighted by Crippen LogP contribution is -2.02. The lowest BCUT2D eigenvalue weighted by Gasteiger charge is -2.03. The number of ether oxygens (including phenoxy) is 1. The molecule has 0 amide bonds. The third-order valence-corrected chi connectivity index (χ3v) is 4.39. The van der Waals surface area contributed by atoms with Crippen molar-refractivity contribution in [3.63, 3.8) is 0 Å². The number of carbonyl (C=O) groups is 1. The third-order valence-electron chi connectivity index (χ3n) is 2.29. The Morgan fingerprint density at radius 1 is 1.44 bits per heavy atom. The first-order valence-electron chi connectivity index (χ1n) is 4.84. The predicted octanol–water partition coefficient (Wildman–Crippen LogP) is 4.54. The molecule has 0 bridgehead atoms. The lowest BCUT2D eigenvalue weighted by atomic mass is 10.1. The molecule has 0 N–H and O–H groups in total. The predicted molar refractivity (Wildman–Crippen MR) is 73.4 cm³/mol. The van der Waals surface area contributed by atoms with Gasteiger partial charge in [-0.1, -0.05) is 11.6 Å². The van der Waals surface area contributed by atoms with E-state index in [1.54, 1.807) is 11.4 Å². The fourth-order valence-corrected chi connectivity index (χ4v) is 2.66. The molecule has 2 rings (SSSR count). The summed E-state index contributed by atoms with van der Waals surface area (Å²) >= 11 is 10.2. The van der Waals surface area contributed by atoms with Gasteiger partial charge in [0.25, 0.3) is 0 Å². The largest absolute Gasteiger partial charge is 0.496 e. The summed E-state index contributed by atoms with van der Waals surface area (Å²) in [7, 11) is 1.51. The Hall–Kier alpha value is -0.910. The van der Waals surface area contributed by atoms with Crippen LogP contribution in [-0.4, -0.2) is 12.9 Å². The Morgan fingerprint density at radius 2 is 2.17 bits per heavy atom. The van der Waals surface area contributed by atoms with Crippen molar-refractivity contribution in [1.82, 2.24) is 0 Å². The zero-order valence-electron chi connectivity index (χ0n) is 9.17. The zero-order chi connectivity index (χ0) is 13.3. The molecule has 0 aliphatic rings. The SMILES string of the molecule is COc1csc(C(=O)c2cc(Cl)c(Br)cc2F)c1. The smallest absolute Gasteiger partial charge is 0.206 e. The minimum Gasteiger partial charge on any atom is -0.496 e. The number of thiophene rings is 1. The third kappa shape index (κ3) is 2.58. The van der Waals surface area contributed by atoms with Gasteiger partial charge >= 0.3 is 0 Å². The van der Waals surface area contributed by atoms with Crippen molar-refractivity contribution in [2.75, 3.05) is 7.11 Å². The van der Waals surface area contributed by atoms with Crippen LogP contribution in [0.4, 0.5) is 4.39 Å². The van der Waals surface area contributed by atoms with Crippen LogP contribution in [0.1, 0.15) is 15.2 Å². The highest BCUT2D eigenvalue weighted by Gasteiger charge is 2.18. The van der Waals surface area contributed by atoms with Crippen LogP contribution in [-0.2, 0) is 0 Å². The number of ketones is 1. The van der Waals surface area contributed by atoms with E-state index in [1.165, 1.54) is 30.6 Å². The molecule has 0 fully saturated rings. The van der Waals surface area contributed by atoms with E-state index in [9.17, 15) is 9.18 Å².